The van der Waals surface area contributed by atoms with Crippen molar-refractivity contribution in [2.24, 2.45) is 5.92 Å². The van der Waals surface area contributed by atoms with Crippen LogP contribution in [0.3, 0.4) is 0 Å². The Bertz CT molecular complexity index is 1100. The Hall–Kier alpha value is -3.19. The van der Waals surface area contributed by atoms with E-state index >= 15 is 0 Å². The fourth-order valence-corrected chi connectivity index (χ4v) is 5.78. The second-order valence-corrected chi connectivity index (χ2v) is 10.2. The summed E-state index contributed by atoms with van der Waals surface area (Å²) in [6, 6.07) is 12.3. The van der Waals surface area contributed by atoms with Gasteiger partial charge in [0.25, 0.3) is 17.7 Å². The molecule has 1 saturated heterocycles. The molecule has 0 unspecified atom stereocenters. The first-order valence-corrected chi connectivity index (χ1v) is 13.3. The third kappa shape index (κ3) is 5.16. The number of nitrogens with zero attached hydrogens (tertiary/aromatic N) is 2. The van der Waals surface area contributed by atoms with E-state index in [0.29, 0.717) is 34.6 Å². The normalized spacial score (nSPS) is 19.1. The molecule has 5 rings (SSSR count). The molecular weight excluding hydrogens is 454 g/mol. The van der Waals surface area contributed by atoms with Gasteiger partial charge in [-0.2, -0.15) is 0 Å². The second-order valence-electron chi connectivity index (χ2n) is 10.2. The standard InChI is InChI=1S/C29H35N3O4/c1-2-36-26-12-11-21(19-32-28(34)23-9-5-6-10-24(23)29(32)35)17-25(26)27(33)30-22-13-15-31(16-14-22)18-20-7-3-4-8-20/h5-6,9-12,17,20,22H,2-4,7-8,13-16,18-19H2,1H3,(H,30,33). The molecule has 1 saturated carbocycles. The number of carbonyl (C=O) groups is 3. The van der Waals surface area contributed by atoms with Crippen molar-refractivity contribution in [2.75, 3.05) is 26.2 Å². The first-order valence-electron chi connectivity index (χ1n) is 13.3. The van der Waals surface area contributed by atoms with Gasteiger partial charge in [-0.25, -0.2) is 0 Å². The Morgan fingerprint density at radius 2 is 1.64 bits per heavy atom. The van der Waals surface area contributed by atoms with Crippen LogP contribution in [0.2, 0.25) is 0 Å². The second kappa shape index (κ2) is 10.8. The van der Waals surface area contributed by atoms with Gasteiger partial charge in [0.1, 0.15) is 5.75 Å². The smallest absolute Gasteiger partial charge is 0.261 e. The third-order valence-corrected chi connectivity index (χ3v) is 7.72. The lowest BCUT2D eigenvalue weighted by atomic mass is 10.0. The fourth-order valence-electron chi connectivity index (χ4n) is 5.78. The summed E-state index contributed by atoms with van der Waals surface area (Å²) in [5.41, 5.74) is 2.00. The molecule has 2 heterocycles. The SMILES string of the molecule is CCOc1ccc(CN2C(=O)c3ccccc3C2=O)cc1C(=O)NC1CCN(CC2CCCC2)CC1. The van der Waals surface area contributed by atoms with Gasteiger partial charge in [0.05, 0.1) is 29.8 Å². The summed E-state index contributed by atoms with van der Waals surface area (Å²) in [7, 11) is 0. The highest BCUT2D eigenvalue weighted by Gasteiger charge is 2.35. The minimum absolute atomic E-state index is 0.110. The molecule has 1 N–H and O–H groups in total. The maximum Gasteiger partial charge on any atom is 0.261 e. The molecule has 3 amide bonds. The van der Waals surface area contributed by atoms with E-state index in [1.54, 1.807) is 36.4 Å². The van der Waals surface area contributed by atoms with E-state index in [-0.39, 0.29) is 30.3 Å². The van der Waals surface area contributed by atoms with E-state index in [4.69, 9.17) is 4.74 Å². The van der Waals surface area contributed by atoms with E-state index in [1.807, 2.05) is 13.0 Å². The molecule has 0 radical (unpaired) electrons. The van der Waals surface area contributed by atoms with Crippen molar-refractivity contribution >= 4 is 17.7 Å². The van der Waals surface area contributed by atoms with Crippen LogP contribution in [0, 0.1) is 5.92 Å². The molecule has 0 spiro atoms. The summed E-state index contributed by atoms with van der Waals surface area (Å²) in [5.74, 6) is 0.575. The number of likely N-dealkylation sites (tertiary alicyclic amines) is 1. The summed E-state index contributed by atoms with van der Waals surface area (Å²) in [4.78, 5) is 42.7. The minimum atomic E-state index is -0.306. The number of hydrogen-bond donors (Lipinski definition) is 1. The van der Waals surface area contributed by atoms with Gasteiger partial charge >= 0.3 is 0 Å². The van der Waals surface area contributed by atoms with Gasteiger partial charge in [0.2, 0.25) is 0 Å². The van der Waals surface area contributed by atoms with Crippen LogP contribution in [0.25, 0.3) is 0 Å². The molecule has 36 heavy (non-hydrogen) atoms. The van der Waals surface area contributed by atoms with E-state index < -0.39 is 0 Å². The predicted molar refractivity (Wildman–Crippen MR) is 137 cm³/mol. The Morgan fingerprint density at radius 1 is 0.972 bits per heavy atom. The van der Waals surface area contributed by atoms with E-state index in [0.717, 1.165) is 31.8 Å². The van der Waals surface area contributed by atoms with Crippen molar-refractivity contribution in [3.8, 4) is 5.75 Å². The topological polar surface area (TPSA) is 78.9 Å². The number of imide groups is 1. The van der Waals surface area contributed by atoms with Gasteiger partial charge in [0.15, 0.2) is 0 Å². The highest BCUT2D eigenvalue weighted by atomic mass is 16.5. The molecule has 2 fully saturated rings. The van der Waals surface area contributed by atoms with Crippen molar-refractivity contribution in [2.45, 2.75) is 58.0 Å². The van der Waals surface area contributed by atoms with Crippen LogP contribution in [0.4, 0.5) is 0 Å². The van der Waals surface area contributed by atoms with Crippen LogP contribution < -0.4 is 10.1 Å². The zero-order chi connectivity index (χ0) is 25.1. The first-order chi connectivity index (χ1) is 17.5. The Labute approximate surface area is 212 Å². The number of ether oxygens (including phenoxy) is 1. The zero-order valence-corrected chi connectivity index (χ0v) is 21.0. The van der Waals surface area contributed by atoms with Gasteiger partial charge in [-0.3, -0.25) is 19.3 Å². The quantitative estimate of drug-likeness (QED) is 0.561. The van der Waals surface area contributed by atoms with Crippen LogP contribution in [0.1, 0.15) is 82.1 Å². The lowest BCUT2D eigenvalue weighted by molar-refractivity contribution is 0.0642. The predicted octanol–water partition coefficient (Wildman–Crippen LogP) is 4.27. The van der Waals surface area contributed by atoms with Gasteiger partial charge in [-0.1, -0.05) is 31.0 Å². The number of hydrogen-bond acceptors (Lipinski definition) is 5. The molecule has 2 aromatic rings. The fraction of sp³-hybridized carbons (Fsp3) is 0.483. The van der Waals surface area contributed by atoms with Crippen molar-refractivity contribution in [1.82, 2.24) is 15.1 Å². The van der Waals surface area contributed by atoms with Crippen LogP contribution in [0.15, 0.2) is 42.5 Å². The maximum absolute atomic E-state index is 13.3. The van der Waals surface area contributed by atoms with Crippen LogP contribution in [-0.4, -0.2) is 59.8 Å². The van der Waals surface area contributed by atoms with Crippen LogP contribution in [-0.2, 0) is 6.54 Å². The largest absolute Gasteiger partial charge is 0.493 e. The number of fused-ring (bicyclic) bond motifs is 1. The van der Waals surface area contributed by atoms with Crippen molar-refractivity contribution in [1.29, 1.82) is 0 Å². The number of amides is 3. The number of nitrogens with one attached hydrogen (secondary N) is 1. The highest BCUT2D eigenvalue weighted by molar-refractivity contribution is 6.21. The highest BCUT2D eigenvalue weighted by Crippen LogP contribution is 2.28. The Morgan fingerprint density at radius 3 is 2.28 bits per heavy atom. The summed E-state index contributed by atoms with van der Waals surface area (Å²) in [6.07, 6.45) is 7.33. The average molecular weight is 490 g/mol. The zero-order valence-electron chi connectivity index (χ0n) is 21.0. The van der Waals surface area contributed by atoms with Crippen LogP contribution in [0.5, 0.6) is 5.75 Å². The Balaban J connectivity index is 1.24. The van der Waals surface area contributed by atoms with Gasteiger partial charge in [-0.15, -0.1) is 0 Å². The summed E-state index contributed by atoms with van der Waals surface area (Å²) in [6.45, 7) is 5.65. The lowest BCUT2D eigenvalue weighted by Gasteiger charge is -2.34. The Kier molecular flexibility index (Phi) is 7.37. The van der Waals surface area contributed by atoms with Gasteiger partial charge in [0, 0.05) is 25.7 Å². The molecule has 0 atom stereocenters. The molecule has 3 aliphatic rings. The maximum atomic E-state index is 13.3. The van der Waals surface area contributed by atoms with E-state index in [1.165, 1.54) is 37.1 Å². The van der Waals surface area contributed by atoms with Crippen molar-refractivity contribution < 1.29 is 19.1 Å². The molecule has 7 nitrogen and oxygen atoms in total. The van der Waals surface area contributed by atoms with E-state index in [9.17, 15) is 14.4 Å². The summed E-state index contributed by atoms with van der Waals surface area (Å²) >= 11 is 0. The molecule has 0 aromatic heterocycles. The summed E-state index contributed by atoms with van der Waals surface area (Å²) in [5, 5.41) is 3.21. The molecule has 0 bridgehead atoms. The third-order valence-electron chi connectivity index (χ3n) is 7.72. The number of piperidine rings is 1. The monoisotopic (exact) mass is 489 g/mol. The minimum Gasteiger partial charge on any atom is -0.493 e. The summed E-state index contributed by atoms with van der Waals surface area (Å²) < 4.78 is 5.74. The van der Waals surface area contributed by atoms with Crippen molar-refractivity contribution in [3.63, 3.8) is 0 Å². The van der Waals surface area contributed by atoms with Gasteiger partial charge < -0.3 is 15.0 Å². The number of carbonyl (C=O) groups excluding carboxylic acids is 3. The van der Waals surface area contributed by atoms with Crippen molar-refractivity contribution in [3.05, 3.63) is 64.7 Å². The average Bonchev–Trinajstić information content (AvgIpc) is 3.49. The van der Waals surface area contributed by atoms with E-state index in [2.05, 4.69) is 10.2 Å². The van der Waals surface area contributed by atoms with Gasteiger partial charge in [-0.05, 0) is 68.4 Å². The number of benzene rings is 2. The molecule has 1 aliphatic carbocycles. The molecule has 190 valence electrons. The lowest BCUT2D eigenvalue weighted by Crippen LogP contribution is -2.45. The molecular formula is C29H35N3O4. The van der Waals surface area contributed by atoms with Crippen LogP contribution >= 0.6 is 0 Å². The molecule has 2 aromatic carbocycles. The number of rotatable bonds is 8. The first kappa shape index (κ1) is 24.5. The molecule has 7 heteroatoms. The molecule has 2 aliphatic heterocycles.